The van der Waals surface area contributed by atoms with Crippen molar-refractivity contribution in [3.05, 3.63) is 41.2 Å². The molecule has 0 radical (unpaired) electrons. The summed E-state index contributed by atoms with van der Waals surface area (Å²) in [7, 11) is 2.97. The second kappa shape index (κ2) is 8.38. The second-order valence-corrected chi connectivity index (χ2v) is 8.35. The van der Waals surface area contributed by atoms with Crippen LogP contribution in [0.4, 0.5) is 10.1 Å². The first-order chi connectivity index (χ1) is 14.9. The van der Waals surface area contributed by atoms with Crippen molar-refractivity contribution < 1.29 is 28.5 Å². The first-order valence-corrected chi connectivity index (χ1v) is 10.6. The first kappa shape index (κ1) is 21.4. The summed E-state index contributed by atoms with van der Waals surface area (Å²) < 4.78 is 32.0. The van der Waals surface area contributed by atoms with Crippen molar-refractivity contribution in [3.8, 4) is 22.6 Å². The molecule has 0 spiro atoms. The minimum Gasteiger partial charge on any atom is -0.496 e. The third-order valence-corrected chi connectivity index (χ3v) is 6.24. The number of ether oxygens (including phenoxy) is 3. The lowest BCUT2D eigenvalue weighted by Gasteiger charge is -2.39. The number of methoxy groups -OCH3 is 2. The highest BCUT2D eigenvalue weighted by Gasteiger charge is 2.44. The minimum atomic E-state index is -0.933. The molecule has 6 nitrogen and oxygen atoms in total. The van der Waals surface area contributed by atoms with Gasteiger partial charge in [-0.25, -0.2) is 9.18 Å². The van der Waals surface area contributed by atoms with E-state index in [9.17, 15) is 9.90 Å². The maximum atomic E-state index is 15.4. The zero-order valence-electron chi connectivity index (χ0n) is 18.1. The Bertz CT molecular complexity index is 998. The smallest absolute Gasteiger partial charge is 0.329 e. The number of anilines is 1. The number of carboxylic acid groups (broad SMARTS) is 1. The van der Waals surface area contributed by atoms with Gasteiger partial charge in [-0.1, -0.05) is 6.07 Å². The molecule has 0 aromatic heterocycles. The molecule has 2 aromatic rings. The molecule has 0 atom stereocenters. The van der Waals surface area contributed by atoms with Gasteiger partial charge in [-0.2, -0.15) is 0 Å². The van der Waals surface area contributed by atoms with Crippen molar-refractivity contribution in [2.24, 2.45) is 0 Å². The van der Waals surface area contributed by atoms with Gasteiger partial charge in [-0.15, -0.1) is 0 Å². The lowest BCUT2D eigenvalue weighted by molar-refractivity contribution is -0.145. The van der Waals surface area contributed by atoms with E-state index in [1.807, 2.05) is 6.07 Å². The number of carbonyl (C=O) groups is 1. The molecule has 4 rings (SSSR count). The summed E-state index contributed by atoms with van der Waals surface area (Å²) >= 11 is 0. The van der Waals surface area contributed by atoms with Gasteiger partial charge in [0, 0.05) is 16.8 Å². The Morgan fingerprint density at radius 1 is 1.19 bits per heavy atom. The van der Waals surface area contributed by atoms with E-state index in [4.69, 9.17) is 14.2 Å². The molecule has 2 aliphatic rings. The third kappa shape index (κ3) is 4.06. The Hall–Kier alpha value is -2.80. The van der Waals surface area contributed by atoms with Crippen molar-refractivity contribution in [3.63, 3.8) is 0 Å². The largest absolute Gasteiger partial charge is 0.496 e. The van der Waals surface area contributed by atoms with Gasteiger partial charge in [0.05, 0.1) is 26.9 Å². The van der Waals surface area contributed by atoms with E-state index >= 15 is 4.39 Å². The average molecular weight is 429 g/mol. The zero-order chi connectivity index (χ0) is 22.2. The van der Waals surface area contributed by atoms with Crippen LogP contribution in [0.2, 0.25) is 0 Å². The summed E-state index contributed by atoms with van der Waals surface area (Å²) in [6.07, 6.45) is 4.32. The zero-order valence-corrected chi connectivity index (χ0v) is 18.1. The topological polar surface area (TPSA) is 77.0 Å². The highest BCUT2D eigenvalue weighted by Crippen LogP contribution is 2.41. The molecule has 0 saturated heterocycles. The van der Waals surface area contributed by atoms with Crippen LogP contribution in [0.5, 0.6) is 11.5 Å². The number of aliphatic carboxylic acids is 1. The van der Waals surface area contributed by atoms with E-state index in [2.05, 4.69) is 5.32 Å². The number of halogens is 1. The molecule has 0 bridgehead atoms. The van der Waals surface area contributed by atoms with E-state index in [1.165, 1.54) is 14.2 Å². The van der Waals surface area contributed by atoms with Gasteiger partial charge >= 0.3 is 5.97 Å². The van der Waals surface area contributed by atoms with E-state index < -0.39 is 17.3 Å². The minimum absolute atomic E-state index is 0.143. The molecule has 2 N–H and O–H groups in total. The summed E-state index contributed by atoms with van der Waals surface area (Å²) in [6.45, 7) is 2.06. The lowest BCUT2D eigenvalue weighted by atomic mass is 9.76. The molecule has 0 aliphatic heterocycles. The number of nitrogens with one attached hydrogen (secondary N) is 1. The Kier molecular flexibility index (Phi) is 5.79. The van der Waals surface area contributed by atoms with Crippen LogP contribution in [-0.4, -0.2) is 36.9 Å². The van der Waals surface area contributed by atoms with Crippen LogP contribution < -0.4 is 14.8 Å². The predicted molar refractivity (Wildman–Crippen MR) is 115 cm³/mol. The molecule has 0 unspecified atom stereocenters. The molecule has 2 aliphatic carbocycles. The molecule has 2 aromatic carbocycles. The van der Waals surface area contributed by atoms with Gasteiger partial charge in [-0.3, -0.25) is 0 Å². The third-order valence-electron chi connectivity index (χ3n) is 6.24. The number of carboxylic acids is 1. The monoisotopic (exact) mass is 429 g/mol. The predicted octanol–water partition coefficient (Wildman–Crippen LogP) is 4.92. The van der Waals surface area contributed by atoms with Crippen LogP contribution in [0.25, 0.3) is 11.1 Å². The molecule has 0 heterocycles. The molecule has 7 heteroatoms. The second-order valence-electron chi connectivity index (χ2n) is 8.35. The van der Waals surface area contributed by atoms with Gasteiger partial charge in [-0.05, 0) is 68.4 Å². The van der Waals surface area contributed by atoms with Crippen molar-refractivity contribution in [2.45, 2.75) is 57.3 Å². The van der Waals surface area contributed by atoms with Crippen LogP contribution in [0, 0.1) is 12.7 Å². The summed E-state index contributed by atoms with van der Waals surface area (Å²) in [6, 6.07) is 7.12. The van der Waals surface area contributed by atoms with Gasteiger partial charge in [0.25, 0.3) is 0 Å². The standard InChI is InChI=1S/C24H28FNO5/c1-14-20(29-2)12-19(21(25)22(14)30-3)18-8-5-16(11-15(18)13-31-17-6-7-17)26-24(23(27)28)9-4-10-24/h5,8,11-12,17,26H,4,6-7,9-10,13H2,1-3H3,(H,27,28). The number of rotatable bonds is 9. The van der Waals surface area contributed by atoms with Crippen molar-refractivity contribution in [1.82, 2.24) is 0 Å². The van der Waals surface area contributed by atoms with Crippen LogP contribution in [0.1, 0.15) is 43.2 Å². The maximum absolute atomic E-state index is 15.4. The molecule has 31 heavy (non-hydrogen) atoms. The van der Waals surface area contributed by atoms with Crippen LogP contribution in [-0.2, 0) is 16.1 Å². The molecule has 2 fully saturated rings. The number of hydrogen-bond donors (Lipinski definition) is 2. The SMILES string of the molecule is COc1cc(-c2ccc(NC3(C(=O)O)CCC3)cc2COC2CC2)c(F)c(OC)c1C. The van der Waals surface area contributed by atoms with Crippen molar-refractivity contribution >= 4 is 11.7 Å². The summed E-state index contributed by atoms with van der Waals surface area (Å²) in [5.74, 6) is -0.637. The number of hydrogen-bond acceptors (Lipinski definition) is 5. The summed E-state index contributed by atoms with van der Waals surface area (Å²) in [5, 5.41) is 12.8. The van der Waals surface area contributed by atoms with E-state index in [1.54, 1.807) is 25.1 Å². The molecule has 166 valence electrons. The lowest BCUT2D eigenvalue weighted by Crippen LogP contribution is -2.52. The normalized spacial score (nSPS) is 17.0. The van der Waals surface area contributed by atoms with Gasteiger partial charge < -0.3 is 24.6 Å². The van der Waals surface area contributed by atoms with E-state index in [0.29, 0.717) is 47.6 Å². The van der Waals surface area contributed by atoms with Crippen LogP contribution >= 0.6 is 0 Å². The highest BCUT2D eigenvalue weighted by atomic mass is 19.1. The van der Waals surface area contributed by atoms with Crippen LogP contribution in [0.15, 0.2) is 24.3 Å². The summed E-state index contributed by atoms with van der Waals surface area (Å²) in [5.41, 5.74) is 2.15. The Morgan fingerprint density at radius 2 is 1.94 bits per heavy atom. The molecule has 2 saturated carbocycles. The Balaban J connectivity index is 1.75. The first-order valence-electron chi connectivity index (χ1n) is 10.6. The summed E-state index contributed by atoms with van der Waals surface area (Å²) in [4.78, 5) is 11.8. The van der Waals surface area contributed by atoms with Gasteiger partial charge in [0.2, 0.25) is 0 Å². The van der Waals surface area contributed by atoms with Gasteiger partial charge in [0.1, 0.15) is 11.3 Å². The van der Waals surface area contributed by atoms with E-state index in [0.717, 1.165) is 24.8 Å². The van der Waals surface area contributed by atoms with Crippen molar-refractivity contribution in [2.75, 3.05) is 19.5 Å². The highest BCUT2D eigenvalue weighted by molar-refractivity contribution is 5.84. The van der Waals surface area contributed by atoms with E-state index in [-0.39, 0.29) is 11.9 Å². The quantitative estimate of drug-likeness (QED) is 0.589. The van der Waals surface area contributed by atoms with Gasteiger partial charge in [0.15, 0.2) is 11.6 Å². The van der Waals surface area contributed by atoms with Crippen LogP contribution in [0.3, 0.4) is 0 Å². The number of benzene rings is 2. The average Bonchev–Trinajstić information content (AvgIpc) is 3.54. The fraction of sp³-hybridized carbons (Fsp3) is 0.458. The fourth-order valence-electron chi connectivity index (χ4n) is 4.05. The Labute approximate surface area is 181 Å². The Morgan fingerprint density at radius 3 is 2.48 bits per heavy atom. The van der Waals surface area contributed by atoms with Crippen molar-refractivity contribution in [1.29, 1.82) is 0 Å². The fourth-order valence-corrected chi connectivity index (χ4v) is 4.05. The molecular formula is C24H28FNO5. The molecule has 0 amide bonds. The maximum Gasteiger partial charge on any atom is 0.329 e. The molecular weight excluding hydrogens is 401 g/mol.